The van der Waals surface area contributed by atoms with E-state index in [9.17, 15) is 4.79 Å². The number of aromatic nitrogens is 2. The summed E-state index contributed by atoms with van der Waals surface area (Å²) in [7, 11) is 0. The Bertz CT molecular complexity index is 534. The Morgan fingerprint density at radius 2 is 2.00 bits per heavy atom. The van der Waals surface area contributed by atoms with Crippen molar-refractivity contribution in [2.24, 2.45) is 5.92 Å². The van der Waals surface area contributed by atoms with Gasteiger partial charge in [-0.2, -0.15) is 0 Å². The fourth-order valence-corrected chi connectivity index (χ4v) is 2.80. The molecule has 1 aliphatic heterocycles. The van der Waals surface area contributed by atoms with Crippen LogP contribution in [0, 0.1) is 19.8 Å². The Morgan fingerprint density at radius 1 is 1.35 bits per heavy atom. The maximum atomic E-state index is 11.8. The molecule has 1 amide bonds. The second-order valence-electron chi connectivity index (χ2n) is 7.29. The molecule has 1 N–H and O–H groups in total. The van der Waals surface area contributed by atoms with Crippen molar-refractivity contribution in [3.63, 3.8) is 0 Å². The molecule has 0 spiro atoms. The van der Waals surface area contributed by atoms with E-state index in [0.717, 1.165) is 43.3 Å². The van der Waals surface area contributed by atoms with Gasteiger partial charge in [-0.3, -0.25) is 0 Å². The van der Waals surface area contributed by atoms with Crippen molar-refractivity contribution in [1.82, 2.24) is 15.3 Å². The number of aryl methyl sites for hydroxylation is 2. The summed E-state index contributed by atoms with van der Waals surface area (Å²) in [5.74, 6) is 1.19. The Hall–Kier alpha value is -1.85. The standard InChI is InChI=1S/C17H28N4O2/c1-12-9-13(2)20-15(19-12)21-8-6-7-14(11-21)10-18-16(22)23-17(3,4)5/h9,14H,6-8,10-11H2,1-5H3,(H,18,22)/t14-/m1/s1. The van der Waals surface area contributed by atoms with E-state index < -0.39 is 5.60 Å². The lowest BCUT2D eigenvalue weighted by Gasteiger charge is -2.33. The van der Waals surface area contributed by atoms with Gasteiger partial charge in [0.05, 0.1) is 0 Å². The minimum absolute atomic E-state index is 0.350. The lowest BCUT2D eigenvalue weighted by molar-refractivity contribution is 0.0517. The van der Waals surface area contributed by atoms with Gasteiger partial charge in [-0.25, -0.2) is 14.8 Å². The monoisotopic (exact) mass is 320 g/mol. The van der Waals surface area contributed by atoms with E-state index in [1.54, 1.807) is 0 Å². The zero-order valence-corrected chi connectivity index (χ0v) is 14.8. The first-order valence-electron chi connectivity index (χ1n) is 8.27. The highest BCUT2D eigenvalue weighted by molar-refractivity contribution is 5.67. The zero-order valence-electron chi connectivity index (χ0n) is 14.8. The quantitative estimate of drug-likeness (QED) is 0.927. The summed E-state index contributed by atoms with van der Waals surface area (Å²) in [5, 5.41) is 2.88. The highest BCUT2D eigenvalue weighted by Gasteiger charge is 2.23. The SMILES string of the molecule is Cc1cc(C)nc(N2CCC[C@H](CNC(=O)OC(C)(C)C)C2)n1. The van der Waals surface area contributed by atoms with Crippen LogP contribution in [0.4, 0.5) is 10.7 Å². The average Bonchev–Trinajstić information content (AvgIpc) is 2.43. The molecule has 1 saturated heterocycles. The topological polar surface area (TPSA) is 67.4 Å². The van der Waals surface area contributed by atoms with Crippen LogP contribution >= 0.6 is 0 Å². The molecule has 2 heterocycles. The smallest absolute Gasteiger partial charge is 0.407 e. The highest BCUT2D eigenvalue weighted by Crippen LogP contribution is 2.20. The minimum atomic E-state index is -0.463. The molecule has 23 heavy (non-hydrogen) atoms. The number of anilines is 1. The number of hydrogen-bond donors (Lipinski definition) is 1. The maximum absolute atomic E-state index is 11.8. The van der Waals surface area contributed by atoms with Gasteiger partial charge >= 0.3 is 6.09 Å². The van der Waals surface area contributed by atoms with Crippen LogP contribution in [-0.4, -0.2) is 41.3 Å². The van der Waals surface area contributed by atoms with Gasteiger partial charge in [0.15, 0.2) is 0 Å². The summed E-state index contributed by atoms with van der Waals surface area (Å²) in [5.41, 5.74) is 1.51. The van der Waals surface area contributed by atoms with Crippen molar-refractivity contribution in [3.05, 3.63) is 17.5 Å². The van der Waals surface area contributed by atoms with Gasteiger partial charge in [0, 0.05) is 31.0 Å². The third-order valence-electron chi connectivity index (χ3n) is 3.71. The number of ether oxygens (including phenoxy) is 1. The second kappa shape index (κ2) is 7.15. The van der Waals surface area contributed by atoms with Gasteiger partial charge in [0.25, 0.3) is 0 Å². The Kier molecular flexibility index (Phi) is 5.44. The van der Waals surface area contributed by atoms with E-state index in [1.807, 2.05) is 40.7 Å². The normalized spacial score (nSPS) is 18.7. The number of carbonyl (C=O) groups excluding carboxylic acids is 1. The summed E-state index contributed by atoms with van der Waals surface area (Å²) in [6, 6.07) is 1.98. The van der Waals surface area contributed by atoms with E-state index in [0.29, 0.717) is 12.5 Å². The van der Waals surface area contributed by atoms with Gasteiger partial charge in [0.2, 0.25) is 5.95 Å². The second-order valence-corrected chi connectivity index (χ2v) is 7.29. The molecule has 1 aromatic rings. The van der Waals surface area contributed by atoms with Crippen molar-refractivity contribution >= 4 is 12.0 Å². The van der Waals surface area contributed by atoms with Crippen LogP contribution in [0.3, 0.4) is 0 Å². The molecule has 1 aliphatic rings. The molecule has 2 rings (SSSR count). The van der Waals surface area contributed by atoms with Crippen LogP contribution in [-0.2, 0) is 4.74 Å². The number of piperidine rings is 1. The van der Waals surface area contributed by atoms with Gasteiger partial charge in [-0.05, 0) is 59.4 Å². The molecule has 6 heteroatoms. The lowest BCUT2D eigenvalue weighted by atomic mass is 9.98. The average molecular weight is 320 g/mol. The molecule has 0 bridgehead atoms. The van der Waals surface area contributed by atoms with Crippen molar-refractivity contribution in [2.75, 3.05) is 24.5 Å². The van der Waals surface area contributed by atoms with Crippen LogP contribution in [0.25, 0.3) is 0 Å². The highest BCUT2D eigenvalue weighted by atomic mass is 16.6. The van der Waals surface area contributed by atoms with Gasteiger partial charge in [-0.15, -0.1) is 0 Å². The third-order valence-corrected chi connectivity index (χ3v) is 3.71. The maximum Gasteiger partial charge on any atom is 0.407 e. The molecular formula is C17H28N4O2. The summed E-state index contributed by atoms with van der Waals surface area (Å²) >= 11 is 0. The third kappa shape index (κ3) is 5.69. The summed E-state index contributed by atoms with van der Waals surface area (Å²) in [6.45, 7) is 12.0. The number of alkyl carbamates (subject to hydrolysis) is 1. The van der Waals surface area contributed by atoms with Crippen molar-refractivity contribution in [2.45, 2.75) is 53.1 Å². The van der Waals surface area contributed by atoms with E-state index in [1.165, 1.54) is 0 Å². The van der Waals surface area contributed by atoms with Crippen molar-refractivity contribution in [1.29, 1.82) is 0 Å². The van der Waals surface area contributed by atoms with E-state index >= 15 is 0 Å². The van der Waals surface area contributed by atoms with Crippen LogP contribution < -0.4 is 10.2 Å². The molecule has 0 radical (unpaired) electrons. The first-order chi connectivity index (χ1) is 10.7. The lowest BCUT2D eigenvalue weighted by Crippen LogP contribution is -2.42. The summed E-state index contributed by atoms with van der Waals surface area (Å²) in [6.07, 6.45) is 1.82. The van der Waals surface area contributed by atoms with E-state index in [-0.39, 0.29) is 6.09 Å². The Labute approximate surface area is 138 Å². The van der Waals surface area contributed by atoms with Gasteiger partial charge < -0.3 is 15.0 Å². The van der Waals surface area contributed by atoms with Crippen LogP contribution in [0.5, 0.6) is 0 Å². The molecule has 0 saturated carbocycles. The summed E-state index contributed by atoms with van der Waals surface area (Å²) in [4.78, 5) is 23.1. The predicted molar refractivity (Wildman–Crippen MR) is 90.7 cm³/mol. The number of hydrogen-bond acceptors (Lipinski definition) is 5. The van der Waals surface area contributed by atoms with Crippen LogP contribution in [0.1, 0.15) is 45.0 Å². The predicted octanol–water partition coefficient (Wildman–Crippen LogP) is 2.83. The van der Waals surface area contributed by atoms with Gasteiger partial charge in [0.1, 0.15) is 5.60 Å². The number of amides is 1. The molecule has 1 aromatic heterocycles. The fourth-order valence-electron chi connectivity index (χ4n) is 2.80. The summed E-state index contributed by atoms with van der Waals surface area (Å²) < 4.78 is 5.28. The molecule has 1 fully saturated rings. The van der Waals surface area contributed by atoms with E-state index in [2.05, 4.69) is 20.2 Å². The number of nitrogens with one attached hydrogen (secondary N) is 1. The van der Waals surface area contributed by atoms with Crippen LogP contribution in [0.15, 0.2) is 6.07 Å². The molecule has 1 atom stereocenters. The molecule has 0 aromatic carbocycles. The fraction of sp³-hybridized carbons (Fsp3) is 0.706. The molecule has 128 valence electrons. The Morgan fingerprint density at radius 3 is 2.61 bits per heavy atom. The number of nitrogens with zero attached hydrogens (tertiary/aromatic N) is 3. The van der Waals surface area contributed by atoms with E-state index in [4.69, 9.17) is 4.74 Å². The van der Waals surface area contributed by atoms with Crippen molar-refractivity contribution in [3.8, 4) is 0 Å². The number of carbonyl (C=O) groups is 1. The Balaban J connectivity index is 1.89. The van der Waals surface area contributed by atoms with Crippen LogP contribution in [0.2, 0.25) is 0 Å². The first-order valence-corrected chi connectivity index (χ1v) is 8.27. The minimum Gasteiger partial charge on any atom is -0.444 e. The van der Waals surface area contributed by atoms with Gasteiger partial charge in [-0.1, -0.05) is 0 Å². The van der Waals surface area contributed by atoms with Crippen molar-refractivity contribution < 1.29 is 9.53 Å². The zero-order chi connectivity index (χ0) is 17.0. The molecule has 0 aliphatic carbocycles. The molecule has 0 unspecified atom stereocenters. The molecule has 6 nitrogen and oxygen atoms in total. The first kappa shape index (κ1) is 17.5. The largest absolute Gasteiger partial charge is 0.444 e. The number of rotatable bonds is 3. The molecular weight excluding hydrogens is 292 g/mol.